The van der Waals surface area contributed by atoms with Crippen molar-refractivity contribution in [3.63, 3.8) is 0 Å². The molecule has 0 atom stereocenters. The fourth-order valence-corrected chi connectivity index (χ4v) is 2.53. The molecule has 0 unspecified atom stereocenters. The van der Waals surface area contributed by atoms with Crippen molar-refractivity contribution in [1.82, 2.24) is 10.3 Å². The SMILES string of the molecule is C=NN1C(C(=O)O)=CC(C=O)=N/C1=C/C.CNCc1ccc2c(c1)NC(=O)CO2. The van der Waals surface area contributed by atoms with Gasteiger partial charge in [-0.1, -0.05) is 6.07 Å². The average Bonchev–Trinajstić information content (AvgIpc) is 2.72. The summed E-state index contributed by atoms with van der Waals surface area (Å²) >= 11 is 0. The molecule has 0 radical (unpaired) electrons. The van der Waals surface area contributed by atoms with Gasteiger partial charge in [-0.15, -0.1) is 0 Å². The van der Waals surface area contributed by atoms with E-state index in [0.29, 0.717) is 6.29 Å². The molecular formula is C19H21N5O5. The molecular weight excluding hydrogens is 378 g/mol. The third-order valence-electron chi connectivity index (χ3n) is 3.77. The standard InChI is InChI=1S/C10H12N2O2.C9H9N3O3/c1-11-5-7-2-3-9-8(4-7)12-10(13)6-14-9;1-3-8-11-6(5-13)4-7(9(14)15)12(8)10-2/h2-4,11H,5-6H2,1H3,(H,12,13);3-5H,2H2,1H3,(H,14,15)/b;8-3-. The highest BCUT2D eigenvalue weighted by molar-refractivity contribution is 6.35. The number of carboxylic acids is 1. The number of ether oxygens (including phenoxy) is 1. The molecule has 2 heterocycles. The van der Waals surface area contributed by atoms with Crippen molar-refractivity contribution in [3.05, 3.63) is 47.4 Å². The molecule has 1 aromatic carbocycles. The van der Waals surface area contributed by atoms with E-state index in [1.54, 1.807) is 6.92 Å². The monoisotopic (exact) mass is 399 g/mol. The first kappa shape index (κ1) is 21.5. The van der Waals surface area contributed by atoms with Gasteiger partial charge in [-0.2, -0.15) is 5.10 Å². The molecule has 3 N–H and O–H groups in total. The molecule has 29 heavy (non-hydrogen) atoms. The second-order valence-corrected chi connectivity index (χ2v) is 5.79. The van der Waals surface area contributed by atoms with Crippen LogP contribution in [0.4, 0.5) is 5.69 Å². The number of aliphatic imine (C=N–C) groups is 1. The number of aldehydes is 1. The lowest BCUT2D eigenvalue weighted by Crippen LogP contribution is -2.26. The number of hydrogen-bond donors (Lipinski definition) is 3. The minimum absolute atomic E-state index is 0.0420. The lowest BCUT2D eigenvalue weighted by Gasteiger charge is -2.22. The number of hydrogen-bond acceptors (Lipinski definition) is 8. The second-order valence-electron chi connectivity index (χ2n) is 5.79. The largest absolute Gasteiger partial charge is 0.482 e. The molecule has 152 valence electrons. The predicted molar refractivity (Wildman–Crippen MR) is 108 cm³/mol. The Morgan fingerprint density at radius 2 is 2.28 bits per heavy atom. The van der Waals surface area contributed by atoms with Crippen molar-refractivity contribution >= 4 is 36.3 Å². The van der Waals surface area contributed by atoms with Gasteiger partial charge in [0.1, 0.15) is 11.5 Å². The van der Waals surface area contributed by atoms with Gasteiger partial charge in [0.05, 0.1) is 5.69 Å². The Hall–Kier alpha value is -3.79. The summed E-state index contributed by atoms with van der Waals surface area (Å²) in [5.74, 6) is -0.299. The number of amides is 1. The van der Waals surface area contributed by atoms with Crippen LogP contribution in [0.3, 0.4) is 0 Å². The number of anilines is 1. The van der Waals surface area contributed by atoms with Gasteiger partial charge in [-0.3, -0.25) is 9.59 Å². The maximum Gasteiger partial charge on any atom is 0.354 e. The normalized spacial score (nSPS) is 16.3. The van der Waals surface area contributed by atoms with Gasteiger partial charge >= 0.3 is 5.97 Å². The summed E-state index contributed by atoms with van der Waals surface area (Å²) in [7, 11) is 1.88. The van der Waals surface area contributed by atoms with Crippen LogP contribution in [0.5, 0.6) is 5.75 Å². The Morgan fingerprint density at radius 3 is 2.86 bits per heavy atom. The quantitative estimate of drug-likeness (QED) is 0.499. The molecule has 0 fully saturated rings. The van der Waals surface area contributed by atoms with Crippen LogP contribution >= 0.6 is 0 Å². The van der Waals surface area contributed by atoms with Gasteiger partial charge in [-0.25, -0.2) is 14.8 Å². The van der Waals surface area contributed by atoms with Crippen molar-refractivity contribution in [2.24, 2.45) is 10.1 Å². The number of nitrogens with one attached hydrogen (secondary N) is 2. The van der Waals surface area contributed by atoms with E-state index in [9.17, 15) is 14.4 Å². The number of allylic oxidation sites excluding steroid dienone is 2. The molecule has 2 aliphatic heterocycles. The maximum absolute atomic E-state index is 11.0. The Kier molecular flexibility index (Phi) is 7.38. The zero-order chi connectivity index (χ0) is 21.4. The van der Waals surface area contributed by atoms with Crippen LogP contribution in [-0.2, 0) is 20.9 Å². The molecule has 0 bridgehead atoms. The van der Waals surface area contributed by atoms with Gasteiger partial charge in [0.2, 0.25) is 0 Å². The molecule has 0 aliphatic carbocycles. The number of aliphatic carboxylic acids is 1. The van der Waals surface area contributed by atoms with Crippen molar-refractivity contribution in [2.75, 3.05) is 19.0 Å². The van der Waals surface area contributed by atoms with E-state index in [1.807, 2.05) is 25.2 Å². The van der Waals surface area contributed by atoms with Crippen molar-refractivity contribution in [2.45, 2.75) is 13.5 Å². The second kappa shape index (κ2) is 9.95. The Labute approximate surface area is 167 Å². The highest BCUT2D eigenvalue weighted by Crippen LogP contribution is 2.28. The van der Waals surface area contributed by atoms with E-state index in [4.69, 9.17) is 9.84 Å². The van der Waals surface area contributed by atoms with E-state index in [-0.39, 0.29) is 29.7 Å². The zero-order valence-electron chi connectivity index (χ0n) is 16.0. The number of rotatable bonds is 5. The van der Waals surface area contributed by atoms with E-state index in [2.05, 4.69) is 27.4 Å². The molecule has 1 amide bonds. The zero-order valence-corrected chi connectivity index (χ0v) is 16.0. The summed E-state index contributed by atoms with van der Waals surface area (Å²) in [6.45, 7) is 5.79. The molecule has 2 aliphatic rings. The summed E-state index contributed by atoms with van der Waals surface area (Å²) in [5.41, 5.74) is 1.77. The minimum Gasteiger partial charge on any atom is -0.482 e. The van der Waals surface area contributed by atoms with Gasteiger partial charge in [0, 0.05) is 19.3 Å². The molecule has 0 saturated heterocycles. The molecule has 10 nitrogen and oxygen atoms in total. The fraction of sp³-hybridized carbons (Fsp3) is 0.211. The number of carbonyl (C=O) groups excluding carboxylic acids is 2. The smallest absolute Gasteiger partial charge is 0.354 e. The van der Waals surface area contributed by atoms with Gasteiger partial charge < -0.3 is 20.5 Å². The maximum atomic E-state index is 11.0. The first-order valence-corrected chi connectivity index (χ1v) is 8.55. The lowest BCUT2D eigenvalue weighted by molar-refractivity contribution is -0.134. The highest BCUT2D eigenvalue weighted by Gasteiger charge is 2.23. The summed E-state index contributed by atoms with van der Waals surface area (Å²) < 4.78 is 5.24. The van der Waals surface area contributed by atoms with Crippen molar-refractivity contribution in [1.29, 1.82) is 0 Å². The third kappa shape index (κ3) is 5.36. The van der Waals surface area contributed by atoms with Crippen molar-refractivity contribution in [3.8, 4) is 5.75 Å². The van der Waals surface area contributed by atoms with Crippen LogP contribution in [0, 0.1) is 0 Å². The summed E-state index contributed by atoms with van der Waals surface area (Å²) in [4.78, 5) is 36.3. The molecule has 0 spiro atoms. The van der Waals surface area contributed by atoms with E-state index in [0.717, 1.165) is 34.6 Å². The van der Waals surface area contributed by atoms with Crippen LogP contribution in [0.2, 0.25) is 0 Å². The van der Waals surface area contributed by atoms with Crippen LogP contribution in [0.15, 0.2) is 52.0 Å². The molecule has 1 aromatic rings. The highest BCUT2D eigenvalue weighted by atomic mass is 16.5. The minimum atomic E-state index is -1.20. The summed E-state index contributed by atoms with van der Waals surface area (Å²) in [6, 6.07) is 5.77. The first-order chi connectivity index (χ1) is 13.9. The Bertz CT molecular complexity index is 920. The summed E-state index contributed by atoms with van der Waals surface area (Å²) in [5, 5.41) is 19.3. The molecule has 10 heteroatoms. The average molecular weight is 399 g/mol. The Morgan fingerprint density at radius 1 is 1.52 bits per heavy atom. The first-order valence-electron chi connectivity index (χ1n) is 8.55. The van der Waals surface area contributed by atoms with Gasteiger partial charge in [-0.05, 0) is 37.7 Å². The number of carbonyl (C=O) groups is 3. The number of nitrogens with zero attached hydrogens (tertiary/aromatic N) is 3. The van der Waals surface area contributed by atoms with E-state index < -0.39 is 5.97 Å². The Balaban J connectivity index is 0.000000207. The van der Waals surface area contributed by atoms with Crippen LogP contribution in [-0.4, -0.2) is 54.4 Å². The van der Waals surface area contributed by atoms with E-state index >= 15 is 0 Å². The number of hydrazone groups is 1. The van der Waals surface area contributed by atoms with Crippen LogP contribution in [0.25, 0.3) is 0 Å². The van der Waals surface area contributed by atoms with Gasteiger partial charge in [0.25, 0.3) is 5.91 Å². The molecule has 0 saturated carbocycles. The van der Waals surface area contributed by atoms with Crippen LogP contribution in [0.1, 0.15) is 12.5 Å². The number of benzene rings is 1. The topological polar surface area (TPSA) is 133 Å². The summed E-state index contributed by atoms with van der Waals surface area (Å²) in [6.07, 6.45) is 3.15. The third-order valence-corrected chi connectivity index (χ3v) is 3.77. The fourth-order valence-electron chi connectivity index (χ4n) is 2.53. The molecule has 0 aromatic heterocycles. The van der Waals surface area contributed by atoms with Crippen LogP contribution < -0.4 is 15.4 Å². The van der Waals surface area contributed by atoms with Gasteiger partial charge in [0.15, 0.2) is 24.4 Å². The number of carboxylic acid groups (broad SMARTS) is 1. The lowest BCUT2D eigenvalue weighted by atomic mass is 10.1. The number of fused-ring (bicyclic) bond motifs is 1. The predicted octanol–water partition coefficient (Wildman–Crippen LogP) is 1.12. The molecule has 3 rings (SSSR count). The van der Waals surface area contributed by atoms with Crippen molar-refractivity contribution < 1.29 is 24.2 Å². The van der Waals surface area contributed by atoms with E-state index in [1.165, 1.54) is 6.08 Å².